The number of urea groups is 1. The molecule has 0 aliphatic carbocycles. The van der Waals surface area contributed by atoms with E-state index >= 15 is 0 Å². The summed E-state index contributed by atoms with van der Waals surface area (Å²) in [7, 11) is 1.84. The third-order valence-corrected chi connectivity index (χ3v) is 5.46. The fourth-order valence-corrected chi connectivity index (χ4v) is 3.88. The molecule has 2 atom stereocenters. The lowest BCUT2D eigenvalue weighted by molar-refractivity contribution is -0.138. The van der Waals surface area contributed by atoms with E-state index in [0.29, 0.717) is 19.5 Å². The minimum absolute atomic E-state index is 0.0771. The summed E-state index contributed by atoms with van der Waals surface area (Å²) in [5.74, 6) is 1.63. The van der Waals surface area contributed by atoms with Crippen molar-refractivity contribution < 1.29 is 9.59 Å². The van der Waals surface area contributed by atoms with Crippen molar-refractivity contribution in [2.45, 2.75) is 32.2 Å². The van der Waals surface area contributed by atoms with Crippen LogP contribution < -0.4 is 5.32 Å². The Bertz CT molecular complexity index is 846. The number of carbonyl (C=O) groups excluding carboxylic acids is 2. The molecule has 0 spiro atoms. The Morgan fingerprint density at radius 1 is 1.26 bits per heavy atom. The van der Waals surface area contributed by atoms with Gasteiger partial charge in [0, 0.05) is 38.3 Å². The lowest BCUT2D eigenvalue weighted by Crippen LogP contribution is -2.45. The maximum atomic E-state index is 12.7. The predicted molar refractivity (Wildman–Crippen MR) is 100 cm³/mol. The number of nitrogens with zero attached hydrogens (tertiary/aromatic N) is 4. The molecule has 27 heavy (non-hydrogen) atoms. The molecular weight excluding hydrogens is 344 g/mol. The van der Waals surface area contributed by atoms with Crippen LogP contribution in [0.1, 0.15) is 30.1 Å². The van der Waals surface area contributed by atoms with Gasteiger partial charge in [-0.25, -0.2) is 9.78 Å². The SMILES string of the molecule is Cc1nc(Cc2ccc(NC(=O)N3C[C@H]4CC[C@@H](C3)N(C)C4=O)cc2)n[nH]1. The summed E-state index contributed by atoms with van der Waals surface area (Å²) in [4.78, 5) is 32.9. The number of H-pyrrole nitrogens is 1. The number of hydrogen-bond acceptors (Lipinski definition) is 4. The highest BCUT2D eigenvalue weighted by Gasteiger charge is 2.40. The van der Waals surface area contributed by atoms with Crippen LogP contribution in [0.15, 0.2) is 24.3 Å². The first-order valence-corrected chi connectivity index (χ1v) is 9.29. The second-order valence-corrected chi connectivity index (χ2v) is 7.42. The Hall–Kier alpha value is -2.90. The third kappa shape index (κ3) is 3.65. The highest BCUT2D eigenvalue weighted by Crippen LogP contribution is 2.28. The highest BCUT2D eigenvalue weighted by atomic mass is 16.2. The third-order valence-electron chi connectivity index (χ3n) is 5.46. The molecule has 0 unspecified atom stereocenters. The van der Waals surface area contributed by atoms with E-state index in [1.54, 1.807) is 9.80 Å². The number of rotatable bonds is 3. The number of aromatic amines is 1. The molecule has 3 fully saturated rings. The summed E-state index contributed by atoms with van der Waals surface area (Å²) >= 11 is 0. The Morgan fingerprint density at radius 3 is 2.74 bits per heavy atom. The van der Waals surface area contributed by atoms with Gasteiger partial charge in [-0.3, -0.25) is 9.89 Å². The number of hydrogen-bond donors (Lipinski definition) is 2. The van der Waals surface area contributed by atoms with Crippen molar-refractivity contribution in [1.29, 1.82) is 0 Å². The van der Waals surface area contributed by atoms with Gasteiger partial charge in [0.2, 0.25) is 5.91 Å². The van der Waals surface area contributed by atoms with Crippen molar-refractivity contribution >= 4 is 17.6 Å². The summed E-state index contributed by atoms with van der Waals surface area (Å²) in [6, 6.07) is 7.67. The van der Waals surface area contributed by atoms with E-state index in [2.05, 4.69) is 20.5 Å². The number of carbonyl (C=O) groups is 2. The summed E-state index contributed by atoms with van der Waals surface area (Å²) in [5, 5.41) is 9.93. The molecule has 3 aliphatic heterocycles. The first-order chi connectivity index (χ1) is 13.0. The molecular formula is C19H24N6O2. The molecule has 142 valence electrons. The number of aryl methyl sites for hydroxylation is 1. The largest absolute Gasteiger partial charge is 0.341 e. The maximum absolute atomic E-state index is 12.7. The Balaban J connectivity index is 1.39. The van der Waals surface area contributed by atoms with Gasteiger partial charge in [0.15, 0.2) is 5.82 Å². The quantitative estimate of drug-likeness (QED) is 0.864. The second kappa shape index (κ2) is 7.02. The van der Waals surface area contributed by atoms with Gasteiger partial charge in [0.25, 0.3) is 0 Å². The van der Waals surface area contributed by atoms with E-state index < -0.39 is 0 Å². The lowest BCUT2D eigenvalue weighted by atomic mass is 9.95. The average molecular weight is 368 g/mol. The fraction of sp³-hybridized carbons (Fsp3) is 0.474. The molecule has 2 N–H and O–H groups in total. The molecule has 1 aromatic carbocycles. The summed E-state index contributed by atoms with van der Waals surface area (Å²) < 4.78 is 0. The van der Waals surface area contributed by atoms with Crippen LogP contribution in [0.4, 0.5) is 10.5 Å². The summed E-state index contributed by atoms with van der Waals surface area (Å²) in [6.45, 7) is 2.95. The number of anilines is 1. The van der Waals surface area contributed by atoms with Crippen LogP contribution in [-0.2, 0) is 11.2 Å². The first-order valence-electron chi connectivity index (χ1n) is 9.29. The van der Waals surface area contributed by atoms with Crippen LogP contribution in [0.25, 0.3) is 0 Å². The van der Waals surface area contributed by atoms with Crippen molar-refractivity contribution in [3.63, 3.8) is 0 Å². The zero-order chi connectivity index (χ0) is 19.0. The zero-order valence-electron chi connectivity index (χ0n) is 15.6. The molecule has 3 amide bonds. The Labute approximate surface area is 158 Å². The molecule has 1 aromatic heterocycles. The van der Waals surface area contributed by atoms with E-state index in [-0.39, 0.29) is 23.9 Å². The molecule has 2 bridgehead atoms. The normalized spacial score (nSPS) is 22.1. The molecule has 0 saturated carbocycles. The van der Waals surface area contributed by atoms with E-state index in [4.69, 9.17) is 0 Å². The maximum Gasteiger partial charge on any atom is 0.321 e. The molecule has 2 aromatic rings. The van der Waals surface area contributed by atoms with E-state index in [0.717, 1.165) is 35.7 Å². The van der Waals surface area contributed by atoms with Crippen LogP contribution >= 0.6 is 0 Å². The molecule has 8 heteroatoms. The van der Waals surface area contributed by atoms with Crippen LogP contribution in [0.3, 0.4) is 0 Å². The van der Waals surface area contributed by atoms with Gasteiger partial charge in [-0.1, -0.05) is 12.1 Å². The number of amides is 3. The van der Waals surface area contributed by atoms with E-state index in [1.165, 1.54) is 0 Å². The van der Waals surface area contributed by atoms with Crippen LogP contribution in [0.5, 0.6) is 0 Å². The Morgan fingerprint density at radius 2 is 2.04 bits per heavy atom. The van der Waals surface area contributed by atoms with Crippen molar-refractivity contribution in [2.24, 2.45) is 5.92 Å². The Kier molecular flexibility index (Phi) is 4.55. The number of nitrogens with one attached hydrogen (secondary N) is 2. The topological polar surface area (TPSA) is 94.2 Å². The smallest absolute Gasteiger partial charge is 0.321 e. The van der Waals surface area contributed by atoms with Crippen molar-refractivity contribution in [1.82, 2.24) is 25.0 Å². The monoisotopic (exact) mass is 368 g/mol. The van der Waals surface area contributed by atoms with Crippen LogP contribution in [0, 0.1) is 12.8 Å². The van der Waals surface area contributed by atoms with Gasteiger partial charge in [0.1, 0.15) is 5.82 Å². The summed E-state index contributed by atoms with van der Waals surface area (Å²) in [6.07, 6.45) is 2.47. The van der Waals surface area contributed by atoms with Crippen molar-refractivity contribution in [3.8, 4) is 0 Å². The highest BCUT2D eigenvalue weighted by molar-refractivity contribution is 5.90. The number of fused-ring (bicyclic) bond motifs is 4. The molecule has 0 radical (unpaired) electrons. The molecule has 4 heterocycles. The standard InChI is InChI=1S/C19H24N6O2/c1-12-20-17(23-22-12)9-13-3-6-15(7-4-13)21-19(27)25-10-14-5-8-16(11-25)24(2)18(14)26/h3-4,6-7,14,16H,5,8-11H2,1-2H3,(H,21,27)(H,20,22,23)/t14-,16+/m1/s1. The van der Waals surface area contributed by atoms with Gasteiger partial charge in [-0.2, -0.15) is 5.10 Å². The number of likely N-dealkylation sites (N-methyl/N-ethyl adjacent to an activating group) is 1. The second-order valence-electron chi connectivity index (χ2n) is 7.42. The zero-order valence-corrected chi connectivity index (χ0v) is 15.6. The number of benzene rings is 1. The molecule has 5 rings (SSSR count). The lowest BCUT2D eigenvalue weighted by Gasteiger charge is -2.32. The molecule has 3 aliphatic rings. The molecule has 3 saturated heterocycles. The average Bonchev–Trinajstić information content (AvgIpc) is 2.88. The van der Waals surface area contributed by atoms with E-state index in [1.807, 2.05) is 38.2 Å². The summed E-state index contributed by atoms with van der Waals surface area (Å²) in [5.41, 5.74) is 1.82. The van der Waals surface area contributed by atoms with Crippen molar-refractivity contribution in [2.75, 3.05) is 25.5 Å². The minimum atomic E-state index is -0.146. The van der Waals surface area contributed by atoms with Crippen LogP contribution in [-0.4, -0.2) is 63.1 Å². The molecule has 8 nitrogen and oxygen atoms in total. The van der Waals surface area contributed by atoms with Gasteiger partial charge in [-0.05, 0) is 37.5 Å². The van der Waals surface area contributed by atoms with E-state index in [9.17, 15) is 9.59 Å². The first kappa shape index (κ1) is 17.5. The van der Waals surface area contributed by atoms with Gasteiger partial charge >= 0.3 is 6.03 Å². The van der Waals surface area contributed by atoms with Gasteiger partial charge < -0.3 is 15.1 Å². The van der Waals surface area contributed by atoms with Crippen molar-refractivity contribution in [3.05, 3.63) is 41.5 Å². The number of piperidine rings is 1. The van der Waals surface area contributed by atoms with Gasteiger partial charge in [-0.15, -0.1) is 0 Å². The van der Waals surface area contributed by atoms with Gasteiger partial charge in [0.05, 0.1) is 5.92 Å². The fourth-order valence-electron chi connectivity index (χ4n) is 3.88. The minimum Gasteiger partial charge on any atom is -0.341 e. The number of aromatic nitrogens is 3. The van der Waals surface area contributed by atoms with Crippen LogP contribution in [0.2, 0.25) is 0 Å². The predicted octanol–water partition coefficient (Wildman–Crippen LogP) is 1.79.